The van der Waals surface area contributed by atoms with E-state index in [0.717, 1.165) is 38.2 Å². The molecule has 2 fully saturated rings. The third kappa shape index (κ3) is 9.00. The normalized spacial score (nSPS) is 24.5. The molecule has 2 rings (SSSR count). The van der Waals surface area contributed by atoms with Crippen LogP contribution in [-0.4, -0.2) is 81.5 Å². The third-order valence-electron chi connectivity index (χ3n) is 6.03. The summed E-state index contributed by atoms with van der Waals surface area (Å²) in [6.45, 7) is 7.25. The second-order valence-electron chi connectivity index (χ2n) is 8.56. The lowest BCUT2D eigenvalue weighted by Gasteiger charge is -2.30. The van der Waals surface area contributed by atoms with Gasteiger partial charge >= 0.3 is 0 Å². The Morgan fingerprint density at radius 2 is 1.86 bits per heavy atom. The minimum atomic E-state index is -3.35. The summed E-state index contributed by atoms with van der Waals surface area (Å²) >= 11 is 0. The largest absolute Gasteiger partial charge is 0.356 e. The fourth-order valence-electron chi connectivity index (χ4n) is 4.01. The fourth-order valence-corrected chi connectivity index (χ4v) is 4.89. The quantitative estimate of drug-likeness (QED) is 0.607. The lowest BCUT2D eigenvalue weighted by Crippen LogP contribution is -2.37. The van der Waals surface area contributed by atoms with Gasteiger partial charge in [0, 0.05) is 38.5 Å². The van der Waals surface area contributed by atoms with Crippen LogP contribution >= 0.6 is 0 Å². The minimum Gasteiger partial charge on any atom is -0.356 e. The summed E-state index contributed by atoms with van der Waals surface area (Å²) in [5.41, 5.74) is 0. The summed E-state index contributed by atoms with van der Waals surface area (Å²) < 4.78 is 25.1. The molecule has 0 aromatic rings. The van der Waals surface area contributed by atoms with Crippen LogP contribution in [0.15, 0.2) is 0 Å². The van der Waals surface area contributed by atoms with Crippen molar-refractivity contribution in [2.75, 3.05) is 52.1 Å². The molecule has 0 bridgehead atoms. The van der Waals surface area contributed by atoms with Crippen molar-refractivity contribution in [1.29, 1.82) is 0 Å². The lowest BCUT2D eigenvalue weighted by molar-refractivity contribution is -0.126. The maximum Gasteiger partial charge on any atom is 0.223 e. The highest BCUT2D eigenvalue weighted by molar-refractivity contribution is 7.88. The van der Waals surface area contributed by atoms with E-state index in [-0.39, 0.29) is 30.7 Å². The first kappa shape index (κ1) is 24.1. The first-order chi connectivity index (χ1) is 13.8. The van der Waals surface area contributed by atoms with Crippen LogP contribution in [0.3, 0.4) is 0 Å². The molecule has 2 saturated heterocycles. The molecule has 8 nitrogen and oxygen atoms in total. The number of nitrogens with zero attached hydrogens (tertiary/aromatic N) is 2. The van der Waals surface area contributed by atoms with Gasteiger partial charge in [0.25, 0.3) is 0 Å². The summed E-state index contributed by atoms with van der Waals surface area (Å²) in [5, 5.41) is 5.85. The number of likely N-dealkylation sites (tertiary alicyclic amines) is 1. The molecule has 0 spiro atoms. The van der Waals surface area contributed by atoms with Gasteiger partial charge in [-0.3, -0.25) is 9.59 Å². The van der Waals surface area contributed by atoms with E-state index >= 15 is 0 Å². The molecule has 1 unspecified atom stereocenters. The van der Waals surface area contributed by atoms with Gasteiger partial charge in [-0.25, -0.2) is 12.7 Å². The van der Waals surface area contributed by atoms with Crippen LogP contribution in [-0.2, 0) is 19.6 Å². The van der Waals surface area contributed by atoms with Crippen molar-refractivity contribution in [1.82, 2.24) is 19.8 Å². The van der Waals surface area contributed by atoms with Gasteiger partial charge in [-0.05, 0) is 64.1 Å². The molecule has 2 aliphatic heterocycles. The van der Waals surface area contributed by atoms with Crippen molar-refractivity contribution in [3.8, 4) is 0 Å². The van der Waals surface area contributed by atoms with Crippen molar-refractivity contribution >= 4 is 21.8 Å². The fraction of sp³-hybridized carbons (Fsp3) is 0.900. The molecule has 0 saturated carbocycles. The van der Waals surface area contributed by atoms with Crippen molar-refractivity contribution in [2.45, 2.75) is 51.9 Å². The van der Waals surface area contributed by atoms with Gasteiger partial charge in [0.1, 0.15) is 0 Å². The van der Waals surface area contributed by atoms with Crippen molar-refractivity contribution in [3.63, 3.8) is 0 Å². The Labute approximate surface area is 175 Å². The number of nitrogens with one attached hydrogen (secondary N) is 2. The second-order valence-corrected chi connectivity index (χ2v) is 10.5. The number of carbonyl (C=O) groups excluding carboxylic acids is 2. The van der Waals surface area contributed by atoms with Gasteiger partial charge in [0.15, 0.2) is 0 Å². The van der Waals surface area contributed by atoms with Crippen LogP contribution in [0.5, 0.6) is 0 Å². The molecule has 2 aliphatic rings. The first-order valence-corrected chi connectivity index (χ1v) is 12.8. The number of carbonyl (C=O) groups is 2. The van der Waals surface area contributed by atoms with E-state index < -0.39 is 10.0 Å². The smallest absolute Gasteiger partial charge is 0.223 e. The van der Waals surface area contributed by atoms with Crippen LogP contribution in [0.4, 0.5) is 0 Å². The monoisotopic (exact) mass is 430 g/mol. The second kappa shape index (κ2) is 11.9. The van der Waals surface area contributed by atoms with Crippen LogP contribution in [0.1, 0.15) is 51.9 Å². The summed E-state index contributed by atoms with van der Waals surface area (Å²) in [6, 6.07) is 0. The molecule has 0 radical (unpaired) electrons. The van der Waals surface area contributed by atoms with Crippen molar-refractivity contribution in [2.24, 2.45) is 11.8 Å². The molecular formula is C20H38N4O4S. The Kier molecular flexibility index (Phi) is 9.85. The summed E-state index contributed by atoms with van der Waals surface area (Å²) in [7, 11) is -3.35. The van der Waals surface area contributed by atoms with E-state index in [1.807, 2.05) is 0 Å². The van der Waals surface area contributed by atoms with Gasteiger partial charge in [-0.15, -0.1) is 0 Å². The predicted octanol–water partition coefficient (Wildman–Crippen LogP) is 0.793. The molecule has 0 aliphatic carbocycles. The summed E-state index contributed by atoms with van der Waals surface area (Å²) in [5.74, 6) is 0.458. The Bertz CT molecular complexity index is 632. The van der Waals surface area contributed by atoms with Crippen LogP contribution < -0.4 is 10.6 Å². The molecule has 0 aromatic heterocycles. The molecule has 2 amide bonds. The summed E-state index contributed by atoms with van der Waals surface area (Å²) in [4.78, 5) is 27.0. The van der Waals surface area contributed by atoms with E-state index in [2.05, 4.69) is 22.5 Å². The van der Waals surface area contributed by atoms with Crippen molar-refractivity contribution < 1.29 is 18.0 Å². The average molecular weight is 431 g/mol. The van der Waals surface area contributed by atoms with E-state index in [4.69, 9.17) is 0 Å². The number of hydrogen-bond acceptors (Lipinski definition) is 5. The van der Waals surface area contributed by atoms with Crippen LogP contribution in [0.25, 0.3) is 0 Å². The number of sulfonamides is 1. The Morgan fingerprint density at radius 1 is 1.14 bits per heavy atom. The molecule has 1 atom stereocenters. The zero-order chi connectivity index (χ0) is 21.3. The maximum atomic E-state index is 12.6. The van der Waals surface area contributed by atoms with Crippen LogP contribution in [0, 0.1) is 11.8 Å². The average Bonchev–Trinajstić information content (AvgIpc) is 2.70. The van der Waals surface area contributed by atoms with E-state index in [1.165, 1.54) is 17.1 Å². The Morgan fingerprint density at radius 3 is 2.55 bits per heavy atom. The molecule has 0 aromatic carbocycles. The van der Waals surface area contributed by atoms with Gasteiger partial charge in [-0.2, -0.15) is 0 Å². The Balaban J connectivity index is 1.77. The zero-order valence-corrected chi connectivity index (χ0v) is 18.8. The highest BCUT2D eigenvalue weighted by Crippen LogP contribution is 2.16. The zero-order valence-electron chi connectivity index (χ0n) is 18.0. The summed E-state index contributed by atoms with van der Waals surface area (Å²) in [6.07, 6.45) is 6.58. The molecular weight excluding hydrogens is 392 g/mol. The van der Waals surface area contributed by atoms with Crippen LogP contribution in [0.2, 0.25) is 0 Å². The lowest BCUT2D eigenvalue weighted by atomic mass is 9.98. The molecule has 2 heterocycles. The number of amides is 2. The molecule has 9 heteroatoms. The van der Waals surface area contributed by atoms with Gasteiger partial charge in [-0.1, -0.05) is 6.92 Å². The highest BCUT2D eigenvalue weighted by Gasteiger charge is 2.23. The van der Waals surface area contributed by atoms with E-state index in [9.17, 15) is 18.0 Å². The van der Waals surface area contributed by atoms with Crippen molar-refractivity contribution in [3.05, 3.63) is 0 Å². The maximum absolute atomic E-state index is 12.6. The molecule has 29 heavy (non-hydrogen) atoms. The molecule has 168 valence electrons. The standard InChI is InChI=1S/C20H38N4O4S/c1-17-7-14-23(15-8-17)12-4-10-22-20(26)18-5-3-13-24(29(2,27)28)16-9-19(25)21-11-6-18/h17-18H,3-16H2,1-2H3,(H,21,25)(H,22,26). The number of piperidine rings is 1. The minimum absolute atomic E-state index is 0.0108. The number of rotatable bonds is 6. The predicted molar refractivity (Wildman–Crippen MR) is 114 cm³/mol. The van der Waals surface area contributed by atoms with E-state index in [1.54, 1.807) is 0 Å². The third-order valence-corrected chi connectivity index (χ3v) is 7.33. The molecule has 2 N–H and O–H groups in total. The van der Waals surface area contributed by atoms with Gasteiger partial charge < -0.3 is 15.5 Å². The van der Waals surface area contributed by atoms with Gasteiger partial charge in [0.2, 0.25) is 21.8 Å². The number of hydrogen-bond donors (Lipinski definition) is 2. The highest BCUT2D eigenvalue weighted by atomic mass is 32.2. The Hall–Kier alpha value is -1.19. The van der Waals surface area contributed by atoms with E-state index in [0.29, 0.717) is 38.9 Å². The SMILES string of the molecule is CC1CCN(CCCNC(=O)C2CCCN(S(C)(=O)=O)CCC(=O)NCC2)CC1. The van der Waals surface area contributed by atoms with Gasteiger partial charge in [0.05, 0.1) is 6.26 Å². The first-order valence-electron chi connectivity index (χ1n) is 11.0. The topological polar surface area (TPSA) is 98.8 Å².